The summed E-state index contributed by atoms with van der Waals surface area (Å²) in [7, 11) is 0. The lowest BCUT2D eigenvalue weighted by atomic mass is 10.1. The Kier molecular flexibility index (Phi) is 6.09. The van der Waals surface area contributed by atoms with Gasteiger partial charge in [0.25, 0.3) is 5.91 Å². The first kappa shape index (κ1) is 19.6. The highest BCUT2D eigenvalue weighted by Gasteiger charge is 2.37. The van der Waals surface area contributed by atoms with Gasteiger partial charge in [-0.1, -0.05) is 43.3 Å². The minimum atomic E-state index is -0.566. The number of nitrogens with one attached hydrogen (secondary N) is 1. The van der Waals surface area contributed by atoms with Gasteiger partial charge in [0.1, 0.15) is 0 Å². The first-order chi connectivity index (χ1) is 13.5. The predicted molar refractivity (Wildman–Crippen MR) is 107 cm³/mol. The molecule has 2 aromatic carbocycles. The van der Waals surface area contributed by atoms with Gasteiger partial charge in [0.05, 0.1) is 5.92 Å². The average molecular weight is 380 g/mol. The molecule has 0 aliphatic carbocycles. The van der Waals surface area contributed by atoms with Crippen LogP contribution in [0.3, 0.4) is 0 Å². The monoisotopic (exact) mass is 380 g/mol. The van der Waals surface area contributed by atoms with Crippen LogP contribution in [-0.4, -0.2) is 30.9 Å². The van der Waals surface area contributed by atoms with Crippen molar-refractivity contribution in [3.05, 3.63) is 59.7 Å². The molecule has 1 heterocycles. The number of aryl methyl sites for hydroxylation is 2. The van der Waals surface area contributed by atoms with Crippen LogP contribution in [0.25, 0.3) is 0 Å². The first-order valence-corrected chi connectivity index (χ1v) is 9.40. The van der Waals surface area contributed by atoms with Crippen molar-refractivity contribution in [1.29, 1.82) is 0 Å². The predicted octanol–water partition coefficient (Wildman–Crippen LogP) is 3.09. The molecule has 0 unspecified atom stereocenters. The molecule has 1 saturated heterocycles. The third kappa shape index (κ3) is 4.39. The van der Waals surface area contributed by atoms with Gasteiger partial charge in [-0.25, -0.2) is 0 Å². The maximum atomic E-state index is 12.4. The van der Waals surface area contributed by atoms with Gasteiger partial charge < -0.3 is 15.0 Å². The van der Waals surface area contributed by atoms with E-state index in [0.29, 0.717) is 5.69 Å². The number of rotatable bonds is 6. The zero-order valence-corrected chi connectivity index (χ0v) is 16.1. The summed E-state index contributed by atoms with van der Waals surface area (Å²) in [6, 6.07) is 15.0. The summed E-state index contributed by atoms with van der Waals surface area (Å²) in [5.41, 5.74) is 3.50. The third-order valence-electron chi connectivity index (χ3n) is 4.89. The van der Waals surface area contributed by atoms with Gasteiger partial charge in [0.2, 0.25) is 5.91 Å². The van der Waals surface area contributed by atoms with Crippen molar-refractivity contribution in [3.8, 4) is 0 Å². The molecule has 146 valence electrons. The van der Waals surface area contributed by atoms with Gasteiger partial charge >= 0.3 is 5.97 Å². The highest BCUT2D eigenvalue weighted by Crippen LogP contribution is 2.29. The van der Waals surface area contributed by atoms with E-state index in [1.807, 2.05) is 56.3 Å². The number of nitrogens with zero attached hydrogens (tertiary/aromatic N) is 1. The molecule has 1 aliphatic rings. The highest BCUT2D eigenvalue weighted by atomic mass is 16.5. The summed E-state index contributed by atoms with van der Waals surface area (Å²) < 4.78 is 5.16. The lowest BCUT2D eigenvalue weighted by Gasteiger charge is -2.19. The number of anilines is 2. The van der Waals surface area contributed by atoms with Crippen LogP contribution < -0.4 is 10.2 Å². The van der Waals surface area contributed by atoms with Crippen molar-refractivity contribution in [2.75, 3.05) is 23.4 Å². The molecular weight excluding hydrogens is 356 g/mol. The highest BCUT2D eigenvalue weighted by molar-refractivity contribution is 6.00. The molecule has 0 spiro atoms. The van der Waals surface area contributed by atoms with Crippen LogP contribution in [0.5, 0.6) is 0 Å². The quantitative estimate of drug-likeness (QED) is 0.782. The standard InChI is InChI=1S/C22H24N2O4/c1-3-16-9-5-7-11-19(16)24-13-17(12-21(24)26)22(27)28-14-20(25)23-18-10-6-4-8-15(18)2/h4-11,17H,3,12-14H2,1-2H3,(H,23,25)/t17-/m1/s1. The van der Waals surface area contributed by atoms with E-state index >= 15 is 0 Å². The number of carbonyl (C=O) groups excluding carboxylic acids is 3. The molecular formula is C22H24N2O4. The van der Waals surface area contributed by atoms with E-state index in [1.54, 1.807) is 11.0 Å². The van der Waals surface area contributed by atoms with Crippen molar-refractivity contribution in [2.45, 2.75) is 26.7 Å². The minimum absolute atomic E-state index is 0.0935. The second kappa shape index (κ2) is 8.69. The number of hydrogen-bond donors (Lipinski definition) is 1. The fourth-order valence-corrected chi connectivity index (χ4v) is 3.33. The Balaban J connectivity index is 1.56. The van der Waals surface area contributed by atoms with Crippen LogP contribution in [0.2, 0.25) is 0 Å². The number of benzene rings is 2. The smallest absolute Gasteiger partial charge is 0.311 e. The van der Waals surface area contributed by atoms with Crippen molar-refractivity contribution in [2.24, 2.45) is 5.92 Å². The lowest BCUT2D eigenvalue weighted by Crippen LogP contribution is -2.28. The van der Waals surface area contributed by atoms with Crippen LogP contribution in [0.15, 0.2) is 48.5 Å². The summed E-state index contributed by atoms with van der Waals surface area (Å²) in [6.45, 7) is 3.81. The maximum absolute atomic E-state index is 12.4. The number of esters is 1. The van der Waals surface area contributed by atoms with Gasteiger partial charge in [-0.15, -0.1) is 0 Å². The summed E-state index contributed by atoms with van der Waals surface area (Å²) in [5, 5.41) is 2.72. The molecule has 0 bridgehead atoms. The van der Waals surface area contributed by atoms with Gasteiger partial charge in [-0.05, 0) is 36.6 Å². The number of carbonyl (C=O) groups is 3. The largest absolute Gasteiger partial charge is 0.455 e. The molecule has 0 saturated carbocycles. The van der Waals surface area contributed by atoms with E-state index in [4.69, 9.17) is 4.74 Å². The van der Waals surface area contributed by atoms with Crippen LogP contribution in [-0.2, 0) is 25.5 Å². The van der Waals surface area contributed by atoms with E-state index < -0.39 is 17.8 Å². The van der Waals surface area contributed by atoms with Crippen LogP contribution >= 0.6 is 0 Å². The first-order valence-electron chi connectivity index (χ1n) is 9.40. The lowest BCUT2D eigenvalue weighted by molar-refractivity contribution is -0.151. The molecule has 1 aliphatic heterocycles. The SMILES string of the molecule is CCc1ccccc1N1C[C@H](C(=O)OCC(=O)Nc2ccccc2C)CC1=O. The Labute approximate surface area is 164 Å². The van der Waals surface area contributed by atoms with E-state index in [9.17, 15) is 14.4 Å². The van der Waals surface area contributed by atoms with E-state index in [1.165, 1.54) is 0 Å². The van der Waals surface area contributed by atoms with Crippen LogP contribution in [0, 0.1) is 12.8 Å². The fourth-order valence-electron chi connectivity index (χ4n) is 3.33. The average Bonchev–Trinajstić information content (AvgIpc) is 3.09. The molecule has 1 fully saturated rings. The Morgan fingerprint density at radius 1 is 1.14 bits per heavy atom. The second-order valence-corrected chi connectivity index (χ2v) is 6.86. The normalized spacial score (nSPS) is 16.1. The molecule has 2 aromatic rings. The molecule has 3 rings (SSSR count). The van der Waals surface area contributed by atoms with Gasteiger partial charge in [0, 0.05) is 24.3 Å². The number of ether oxygens (including phenoxy) is 1. The van der Waals surface area contributed by atoms with E-state index in [2.05, 4.69) is 5.32 Å². The van der Waals surface area contributed by atoms with E-state index in [0.717, 1.165) is 23.2 Å². The molecule has 6 heteroatoms. The molecule has 6 nitrogen and oxygen atoms in total. The van der Waals surface area contributed by atoms with E-state index in [-0.39, 0.29) is 25.5 Å². The molecule has 2 amide bonds. The van der Waals surface area contributed by atoms with Crippen molar-refractivity contribution >= 4 is 29.2 Å². The Bertz CT molecular complexity index is 894. The van der Waals surface area contributed by atoms with Gasteiger partial charge in [-0.2, -0.15) is 0 Å². The topological polar surface area (TPSA) is 75.7 Å². The van der Waals surface area contributed by atoms with Gasteiger partial charge in [0.15, 0.2) is 6.61 Å². The number of hydrogen-bond acceptors (Lipinski definition) is 4. The van der Waals surface area contributed by atoms with Crippen molar-refractivity contribution in [3.63, 3.8) is 0 Å². The number of amides is 2. The minimum Gasteiger partial charge on any atom is -0.455 e. The maximum Gasteiger partial charge on any atom is 0.311 e. The third-order valence-corrected chi connectivity index (χ3v) is 4.89. The van der Waals surface area contributed by atoms with Crippen molar-refractivity contribution in [1.82, 2.24) is 0 Å². The van der Waals surface area contributed by atoms with Crippen LogP contribution in [0.4, 0.5) is 11.4 Å². The van der Waals surface area contributed by atoms with Crippen molar-refractivity contribution < 1.29 is 19.1 Å². The van der Waals surface area contributed by atoms with Gasteiger partial charge in [-0.3, -0.25) is 14.4 Å². The second-order valence-electron chi connectivity index (χ2n) is 6.86. The fraction of sp³-hybridized carbons (Fsp3) is 0.318. The summed E-state index contributed by atoms with van der Waals surface area (Å²) in [6.07, 6.45) is 0.893. The molecule has 1 atom stereocenters. The summed E-state index contributed by atoms with van der Waals surface area (Å²) in [5.74, 6) is -1.60. The molecule has 0 radical (unpaired) electrons. The molecule has 0 aromatic heterocycles. The Hall–Kier alpha value is -3.15. The zero-order chi connectivity index (χ0) is 20.1. The molecule has 28 heavy (non-hydrogen) atoms. The Morgan fingerprint density at radius 2 is 1.86 bits per heavy atom. The Morgan fingerprint density at radius 3 is 2.61 bits per heavy atom. The zero-order valence-electron chi connectivity index (χ0n) is 16.1. The molecule has 1 N–H and O–H groups in total. The number of para-hydroxylation sites is 2. The van der Waals surface area contributed by atoms with Crippen LogP contribution in [0.1, 0.15) is 24.5 Å². The summed E-state index contributed by atoms with van der Waals surface area (Å²) >= 11 is 0. The summed E-state index contributed by atoms with van der Waals surface area (Å²) in [4.78, 5) is 38.5.